The third-order valence-electron chi connectivity index (χ3n) is 27.9. The second kappa shape index (κ2) is 28.6. The van der Waals surface area contributed by atoms with Crippen molar-refractivity contribution in [1.29, 1.82) is 0 Å². The van der Waals surface area contributed by atoms with Crippen molar-refractivity contribution in [2.75, 3.05) is 39.2 Å². The number of nitrogens with zero attached hydrogens (tertiary/aromatic N) is 8. The predicted octanol–water partition coefficient (Wildman–Crippen LogP) is 22.0. The fourth-order valence-electron chi connectivity index (χ4n) is 23.0. The van der Waals surface area contributed by atoms with Crippen LogP contribution in [0.15, 0.2) is 461 Å². The number of rotatable bonds is 8. The van der Waals surface area contributed by atoms with Gasteiger partial charge in [-0.05, 0) is 258 Å². The first-order chi connectivity index (χ1) is 63.6. The van der Waals surface area contributed by atoms with E-state index in [9.17, 15) is 0 Å². The number of para-hydroxylation sites is 12. The van der Waals surface area contributed by atoms with E-state index in [0.717, 1.165) is 45.5 Å². The highest BCUT2D eigenvalue weighted by molar-refractivity contribution is 7.03. The van der Waals surface area contributed by atoms with Gasteiger partial charge >= 0.3 is 0 Å². The summed E-state index contributed by atoms with van der Waals surface area (Å²) in [6.07, 6.45) is 0. The summed E-state index contributed by atoms with van der Waals surface area (Å²) < 4.78 is 0. The molecule has 0 amide bonds. The molecule has 0 atom stereocenters. The van der Waals surface area contributed by atoms with Crippen molar-refractivity contribution in [2.45, 2.75) is 0 Å². The molecule has 20 aromatic rings. The number of fused-ring (bicyclic) bond motifs is 20. The lowest BCUT2D eigenvalue weighted by atomic mass is 9.32. The predicted molar refractivity (Wildman–Crippen MR) is 544 cm³/mol. The maximum Gasteiger partial charge on any atom is 0.252 e. The molecule has 0 bridgehead atoms. The van der Waals surface area contributed by atoms with E-state index in [1.54, 1.807) is 0 Å². The Morgan fingerprint density at radius 2 is 0.312 bits per heavy atom. The molecule has 8 nitrogen and oxygen atoms in total. The van der Waals surface area contributed by atoms with Crippen molar-refractivity contribution in [1.82, 2.24) is 0 Å². The Hall–Kier alpha value is -16.4. The van der Waals surface area contributed by atoms with Crippen LogP contribution in [0.2, 0.25) is 0 Å². The minimum Gasteiger partial charge on any atom is -0.311 e. The lowest BCUT2D eigenvalue weighted by Crippen LogP contribution is -2.62. The molecular weight excluding hydrogens is 1550 g/mol. The quantitative estimate of drug-likeness (QED) is 0.139. The van der Waals surface area contributed by atoms with Crippen molar-refractivity contribution >= 4 is 250 Å². The Morgan fingerprint density at radius 3 is 0.562 bits per heavy atom. The molecule has 0 spiro atoms. The smallest absolute Gasteiger partial charge is 0.252 e. The first kappa shape index (κ1) is 72.1. The minimum absolute atomic E-state index is 0.0282. The summed E-state index contributed by atoms with van der Waals surface area (Å²) in [6.45, 7) is 0.113. The normalized spacial score (nSPS) is 13.8. The van der Waals surface area contributed by atoms with Gasteiger partial charge in [-0.2, -0.15) is 0 Å². The highest BCUT2D eigenvalue weighted by Gasteiger charge is 2.50. The van der Waals surface area contributed by atoms with E-state index in [4.69, 9.17) is 0 Å². The average Bonchev–Trinajstić information content (AvgIpc) is 0.690. The van der Waals surface area contributed by atoms with Crippen molar-refractivity contribution < 1.29 is 0 Å². The van der Waals surface area contributed by atoms with Crippen molar-refractivity contribution in [2.24, 2.45) is 0 Å². The lowest BCUT2D eigenvalue weighted by Gasteiger charge is -2.46. The number of hydrogen-bond acceptors (Lipinski definition) is 8. The summed E-state index contributed by atoms with van der Waals surface area (Å²) in [6, 6.07) is 171. The summed E-state index contributed by atoms with van der Waals surface area (Å²) in [5.41, 5.74) is 44.5. The van der Waals surface area contributed by atoms with Crippen LogP contribution in [-0.2, 0) is 0 Å². The zero-order chi connectivity index (χ0) is 83.8. The summed E-state index contributed by atoms with van der Waals surface area (Å²) in [5.74, 6) is 0. The Balaban J connectivity index is 0.000000132. The van der Waals surface area contributed by atoms with E-state index >= 15 is 0 Å². The summed E-state index contributed by atoms with van der Waals surface area (Å²) in [7, 11) is 0. The largest absolute Gasteiger partial charge is 0.311 e. The zero-order valence-corrected chi connectivity index (χ0v) is 69.8. The number of hydrogen-bond donors (Lipinski definition) is 0. The van der Waals surface area contributed by atoms with E-state index in [0.29, 0.717) is 0 Å². The molecule has 8 heterocycles. The van der Waals surface area contributed by atoms with Crippen LogP contribution in [-0.4, -0.2) is 26.9 Å². The fraction of sp³-hybridized carbons (Fsp3) is 0. The Morgan fingerprint density at radius 1 is 0.125 bits per heavy atom. The zero-order valence-electron chi connectivity index (χ0n) is 69.8. The van der Waals surface area contributed by atoms with E-state index < -0.39 is 0 Å². The van der Waals surface area contributed by atoms with E-state index in [1.807, 2.05) is 0 Å². The first-order valence-corrected chi connectivity index (χ1v) is 44.5. The van der Waals surface area contributed by atoms with Gasteiger partial charge in [0.05, 0.1) is 0 Å². The van der Waals surface area contributed by atoms with Gasteiger partial charge in [-0.3, -0.25) is 0 Å². The second-order valence-corrected chi connectivity index (χ2v) is 34.4. The SMILES string of the molecule is c1ccc(N2c3ccccc3B3c4cc5cc6c(cc5cc4N(c4ccccc4)c4cccc2c43)N(c2ccccc2)c2cccc3c2B6c2ccccc2N3c2ccccc2)cc1.c1ccc(N2c3ccccc3B3c4ccc5c6c(ccc5c4N(c4ccccc4)c4cccc2c43)B2c3ccccc3N(c3ccccc3)c3cccc(c32)N6c2ccccc2)cc1. The monoisotopic (exact) mass is 1620 g/mol. The minimum atomic E-state index is 0.0282. The van der Waals surface area contributed by atoms with Crippen LogP contribution in [0.25, 0.3) is 21.5 Å². The molecule has 0 fully saturated rings. The van der Waals surface area contributed by atoms with Crippen LogP contribution in [0.1, 0.15) is 0 Å². The molecule has 0 saturated heterocycles. The van der Waals surface area contributed by atoms with E-state index in [1.165, 1.54) is 178 Å². The molecule has 128 heavy (non-hydrogen) atoms. The van der Waals surface area contributed by atoms with Gasteiger partial charge in [-0.1, -0.05) is 279 Å². The van der Waals surface area contributed by atoms with Crippen molar-refractivity contribution in [3.8, 4) is 0 Å². The molecule has 28 rings (SSSR count). The summed E-state index contributed by atoms with van der Waals surface area (Å²) >= 11 is 0. The van der Waals surface area contributed by atoms with Gasteiger partial charge in [0.15, 0.2) is 0 Å². The van der Waals surface area contributed by atoms with Crippen molar-refractivity contribution in [3.63, 3.8) is 0 Å². The third-order valence-corrected chi connectivity index (χ3v) is 27.9. The summed E-state index contributed by atoms with van der Waals surface area (Å²) in [4.78, 5) is 19.9. The molecule has 0 saturated carbocycles. The molecule has 12 heteroatoms. The van der Waals surface area contributed by atoms with E-state index in [-0.39, 0.29) is 26.9 Å². The highest BCUT2D eigenvalue weighted by Crippen LogP contribution is 2.53. The van der Waals surface area contributed by atoms with Gasteiger partial charge in [0, 0.05) is 147 Å². The van der Waals surface area contributed by atoms with Gasteiger partial charge in [0.1, 0.15) is 0 Å². The van der Waals surface area contributed by atoms with Crippen molar-refractivity contribution in [3.05, 3.63) is 461 Å². The fourth-order valence-corrected chi connectivity index (χ4v) is 23.0. The highest BCUT2D eigenvalue weighted by atomic mass is 15.2. The molecule has 0 N–H and O–H groups in total. The van der Waals surface area contributed by atoms with Gasteiger partial charge < -0.3 is 39.2 Å². The van der Waals surface area contributed by atoms with Gasteiger partial charge in [-0.25, -0.2) is 0 Å². The molecule has 8 aliphatic heterocycles. The lowest BCUT2D eigenvalue weighted by molar-refractivity contribution is 1.25. The molecule has 8 aliphatic rings. The number of benzene rings is 20. The molecule has 0 aliphatic carbocycles. The van der Waals surface area contributed by atoms with Gasteiger partial charge in [0.2, 0.25) is 0 Å². The Kier molecular flexibility index (Phi) is 16.1. The van der Waals surface area contributed by atoms with Gasteiger partial charge in [-0.15, -0.1) is 0 Å². The standard InChI is InChI=1S/2C58H38B2N4/c1-5-19-41(20-6-1)61-49-29-15-13-27-45(49)59-47-35-39-36-48-56(38-40(39)37-55(47)63(43-23-9-3-10-24-43)53-33-17-31-51(61)57(53)59)64(44-25-11-4-12-26-44)54-34-18-32-52-58(54)60(48)46-28-14-16-30-50(46)62(52)42-21-7-2-8-22-42;1-5-19-39(20-6-1)61-49-29-15-13-27-45(49)59-47-37-35-44-43(57(47)63(41-23-9-3-10-24-41)53-33-17-31-51(61)55(53)59)36-38-48-58(44)64(42-25-11-4-12-26-42)54-34-18-32-52-56(54)60(48)46-28-14-16-30-50(46)62(52)40-21-7-2-8-22-40/h2*1-38H. The molecule has 0 unspecified atom stereocenters. The second-order valence-electron chi connectivity index (χ2n) is 34.4. The van der Waals surface area contributed by atoms with Crippen LogP contribution in [0, 0.1) is 0 Å². The molecule has 592 valence electrons. The number of anilines is 24. The first-order valence-electron chi connectivity index (χ1n) is 44.5. The van der Waals surface area contributed by atoms with Crippen LogP contribution in [0.4, 0.5) is 136 Å². The Bertz CT molecular complexity index is 7450. The average molecular weight is 1630 g/mol. The topological polar surface area (TPSA) is 25.9 Å². The third kappa shape index (κ3) is 10.6. The van der Waals surface area contributed by atoms with Crippen LogP contribution in [0.3, 0.4) is 0 Å². The molecular formula is C116H76B4N8. The maximum atomic E-state index is 2.55. The molecule has 20 aromatic carbocycles. The molecule has 0 radical (unpaired) electrons. The van der Waals surface area contributed by atoms with Gasteiger partial charge in [0.25, 0.3) is 26.9 Å². The van der Waals surface area contributed by atoms with Crippen LogP contribution < -0.4 is 105 Å². The summed E-state index contributed by atoms with van der Waals surface area (Å²) in [5, 5.41) is 4.92. The molecule has 0 aromatic heterocycles. The Labute approximate surface area is 745 Å². The van der Waals surface area contributed by atoms with Crippen LogP contribution >= 0.6 is 0 Å². The maximum absolute atomic E-state index is 2.55. The van der Waals surface area contributed by atoms with E-state index in [2.05, 4.69) is 500 Å². The van der Waals surface area contributed by atoms with Crippen LogP contribution in [0.5, 0.6) is 0 Å².